The van der Waals surface area contributed by atoms with Gasteiger partial charge in [-0.3, -0.25) is 9.89 Å². The Morgan fingerprint density at radius 1 is 1.35 bits per heavy atom. The summed E-state index contributed by atoms with van der Waals surface area (Å²) in [7, 11) is 1.32. The van der Waals surface area contributed by atoms with E-state index in [1.807, 2.05) is 6.92 Å². The van der Waals surface area contributed by atoms with Gasteiger partial charge >= 0.3 is 5.97 Å². The molecule has 1 atom stereocenters. The van der Waals surface area contributed by atoms with Crippen LogP contribution >= 0.6 is 11.8 Å². The number of ether oxygens (including phenoxy) is 1. The van der Waals surface area contributed by atoms with Crippen LogP contribution in [0.3, 0.4) is 0 Å². The first kappa shape index (κ1) is 17.0. The third-order valence-electron chi connectivity index (χ3n) is 3.07. The topological polar surface area (TPSA) is 97.0 Å². The molecule has 1 aromatic heterocycles. The molecule has 1 aromatic carbocycles. The highest BCUT2D eigenvalue weighted by molar-refractivity contribution is 8.00. The maximum absolute atomic E-state index is 12.2. The third kappa shape index (κ3) is 4.56. The van der Waals surface area contributed by atoms with Crippen LogP contribution < -0.4 is 5.32 Å². The van der Waals surface area contributed by atoms with E-state index >= 15 is 0 Å². The molecule has 0 saturated heterocycles. The molecule has 0 spiro atoms. The lowest BCUT2D eigenvalue weighted by Gasteiger charge is -2.10. The van der Waals surface area contributed by atoms with Gasteiger partial charge in [-0.15, -0.1) is 5.10 Å². The average Bonchev–Trinajstić information content (AvgIpc) is 3.02. The van der Waals surface area contributed by atoms with Gasteiger partial charge in [-0.2, -0.15) is 0 Å². The van der Waals surface area contributed by atoms with Gasteiger partial charge in [-0.25, -0.2) is 9.78 Å². The molecule has 0 bridgehead atoms. The number of nitrogens with one attached hydrogen (secondary N) is 2. The Bertz CT molecular complexity index is 684. The second-order valence-corrected chi connectivity index (χ2v) is 6.04. The fourth-order valence-electron chi connectivity index (χ4n) is 1.75. The maximum atomic E-state index is 12.2. The molecule has 2 N–H and O–H groups in total. The summed E-state index contributed by atoms with van der Waals surface area (Å²) in [5, 5.41) is 9.85. The summed E-state index contributed by atoms with van der Waals surface area (Å²) in [6.07, 6.45) is 0.765. The SMILES string of the molecule is CCc1nc(S[C@H](C)C(=O)Nc2ccc(C(=O)OC)cc2)n[nH]1. The number of anilines is 1. The molecule has 0 fully saturated rings. The summed E-state index contributed by atoms with van der Waals surface area (Å²) in [6, 6.07) is 6.51. The number of methoxy groups -OCH3 is 1. The number of hydrogen-bond donors (Lipinski definition) is 2. The number of hydrogen-bond acceptors (Lipinski definition) is 6. The van der Waals surface area contributed by atoms with Crippen molar-refractivity contribution in [2.24, 2.45) is 0 Å². The predicted molar refractivity (Wildman–Crippen MR) is 87.5 cm³/mol. The smallest absolute Gasteiger partial charge is 0.337 e. The quantitative estimate of drug-likeness (QED) is 0.621. The van der Waals surface area contributed by atoms with Gasteiger partial charge in [0.05, 0.1) is 17.9 Å². The summed E-state index contributed by atoms with van der Waals surface area (Å²) in [5.74, 6) is 0.213. The van der Waals surface area contributed by atoms with Crippen molar-refractivity contribution in [2.75, 3.05) is 12.4 Å². The molecule has 0 aliphatic heterocycles. The molecule has 0 unspecified atom stereocenters. The number of amides is 1. The Labute approximate surface area is 138 Å². The molecule has 122 valence electrons. The van der Waals surface area contributed by atoms with E-state index in [9.17, 15) is 9.59 Å². The Morgan fingerprint density at radius 3 is 2.61 bits per heavy atom. The Morgan fingerprint density at radius 2 is 2.04 bits per heavy atom. The van der Waals surface area contributed by atoms with Crippen molar-refractivity contribution in [3.05, 3.63) is 35.7 Å². The molecule has 7 nitrogen and oxygen atoms in total. The highest BCUT2D eigenvalue weighted by Gasteiger charge is 2.17. The van der Waals surface area contributed by atoms with Crippen molar-refractivity contribution in [1.29, 1.82) is 0 Å². The number of H-pyrrole nitrogens is 1. The van der Waals surface area contributed by atoms with Gasteiger partial charge in [0.1, 0.15) is 5.82 Å². The molecule has 1 heterocycles. The van der Waals surface area contributed by atoms with E-state index in [0.717, 1.165) is 12.2 Å². The number of aromatic amines is 1. The van der Waals surface area contributed by atoms with Crippen LogP contribution in [0.5, 0.6) is 0 Å². The summed E-state index contributed by atoms with van der Waals surface area (Å²) in [5.41, 5.74) is 1.04. The van der Waals surface area contributed by atoms with Gasteiger partial charge in [0, 0.05) is 12.1 Å². The van der Waals surface area contributed by atoms with E-state index in [2.05, 4.69) is 25.2 Å². The van der Waals surface area contributed by atoms with Crippen molar-refractivity contribution < 1.29 is 14.3 Å². The summed E-state index contributed by atoms with van der Waals surface area (Å²) in [4.78, 5) is 27.8. The monoisotopic (exact) mass is 334 g/mol. The van der Waals surface area contributed by atoms with Gasteiger partial charge in [0.25, 0.3) is 0 Å². The fourth-order valence-corrected chi connectivity index (χ4v) is 2.50. The molecule has 2 aromatic rings. The minimum absolute atomic E-state index is 0.163. The molecule has 0 aliphatic rings. The Kier molecular flexibility index (Phi) is 5.75. The van der Waals surface area contributed by atoms with Gasteiger partial charge in [0.2, 0.25) is 11.1 Å². The number of aryl methyl sites for hydroxylation is 1. The van der Waals surface area contributed by atoms with Crippen LogP contribution in [0.15, 0.2) is 29.4 Å². The van der Waals surface area contributed by atoms with Crippen molar-refractivity contribution in [3.63, 3.8) is 0 Å². The van der Waals surface area contributed by atoms with E-state index in [1.165, 1.54) is 18.9 Å². The highest BCUT2D eigenvalue weighted by Crippen LogP contribution is 2.21. The molecule has 23 heavy (non-hydrogen) atoms. The maximum Gasteiger partial charge on any atom is 0.337 e. The van der Waals surface area contributed by atoms with E-state index in [4.69, 9.17) is 0 Å². The lowest BCUT2D eigenvalue weighted by Crippen LogP contribution is -2.22. The zero-order valence-electron chi connectivity index (χ0n) is 13.1. The second kappa shape index (κ2) is 7.77. The normalized spacial score (nSPS) is 11.8. The molecular formula is C15H18N4O3S. The average molecular weight is 334 g/mol. The van der Waals surface area contributed by atoms with Crippen LogP contribution in [0.2, 0.25) is 0 Å². The number of thioether (sulfide) groups is 1. The number of carbonyl (C=O) groups is 2. The number of aromatic nitrogens is 3. The second-order valence-electron chi connectivity index (χ2n) is 4.74. The minimum Gasteiger partial charge on any atom is -0.465 e. The van der Waals surface area contributed by atoms with Crippen LogP contribution in [0.1, 0.15) is 30.0 Å². The number of benzene rings is 1. The molecule has 8 heteroatoms. The standard InChI is InChI=1S/C15H18N4O3S/c1-4-12-17-15(19-18-12)23-9(2)13(20)16-11-7-5-10(6-8-11)14(21)22-3/h5-9H,4H2,1-3H3,(H,16,20)(H,17,18,19)/t9-/m1/s1. The lowest BCUT2D eigenvalue weighted by atomic mass is 10.2. The largest absolute Gasteiger partial charge is 0.465 e. The van der Waals surface area contributed by atoms with Crippen LogP contribution in [0, 0.1) is 0 Å². The van der Waals surface area contributed by atoms with Crippen LogP contribution in [0.4, 0.5) is 5.69 Å². The van der Waals surface area contributed by atoms with Crippen molar-refractivity contribution in [3.8, 4) is 0 Å². The highest BCUT2D eigenvalue weighted by atomic mass is 32.2. The van der Waals surface area contributed by atoms with Gasteiger partial charge < -0.3 is 10.1 Å². The first-order valence-corrected chi connectivity index (χ1v) is 7.98. The van der Waals surface area contributed by atoms with Gasteiger partial charge in [0.15, 0.2) is 0 Å². The van der Waals surface area contributed by atoms with E-state index in [-0.39, 0.29) is 11.2 Å². The first-order valence-electron chi connectivity index (χ1n) is 7.10. The van der Waals surface area contributed by atoms with Crippen molar-refractivity contribution in [2.45, 2.75) is 30.7 Å². The zero-order valence-corrected chi connectivity index (χ0v) is 13.9. The van der Waals surface area contributed by atoms with Crippen LogP contribution in [0.25, 0.3) is 0 Å². The van der Waals surface area contributed by atoms with Gasteiger partial charge in [-0.05, 0) is 31.2 Å². The predicted octanol–water partition coefficient (Wildman–Crippen LogP) is 2.27. The lowest BCUT2D eigenvalue weighted by molar-refractivity contribution is -0.115. The molecule has 0 aliphatic carbocycles. The zero-order chi connectivity index (χ0) is 16.8. The summed E-state index contributed by atoms with van der Waals surface area (Å²) in [6.45, 7) is 3.76. The number of esters is 1. The van der Waals surface area contributed by atoms with Crippen molar-refractivity contribution >= 4 is 29.3 Å². The molecule has 0 radical (unpaired) electrons. The van der Waals surface area contributed by atoms with E-state index in [0.29, 0.717) is 16.4 Å². The minimum atomic E-state index is -0.414. The van der Waals surface area contributed by atoms with E-state index in [1.54, 1.807) is 31.2 Å². The molecule has 2 rings (SSSR count). The number of nitrogens with zero attached hydrogens (tertiary/aromatic N) is 2. The number of rotatable bonds is 6. The van der Waals surface area contributed by atoms with Crippen LogP contribution in [-0.2, 0) is 16.0 Å². The molecular weight excluding hydrogens is 316 g/mol. The van der Waals surface area contributed by atoms with Crippen LogP contribution in [-0.4, -0.2) is 39.4 Å². The third-order valence-corrected chi connectivity index (χ3v) is 4.03. The fraction of sp³-hybridized carbons (Fsp3) is 0.333. The first-order chi connectivity index (χ1) is 11.0. The Balaban J connectivity index is 1.93. The van der Waals surface area contributed by atoms with E-state index < -0.39 is 5.97 Å². The summed E-state index contributed by atoms with van der Waals surface area (Å²) < 4.78 is 4.63. The summed E-state index contributed by atoms with van der Waals surface area (Å²) >= 11 is 1.28. The molecule has 1 amide bonds. The van der Waals surface area contributed by atoms with Gasteiger partial charge in [-0.1, -0.05) is 18.7 Å². The molecule has 0 saturated carbocycles. The Hall–Kier alpha value is -2.35. The number of carbonyl (C=O) groups excluding carboxylic acids is 2. The van der Waals surface area contributed by atoms with Crippen molar-refractivity contribution in [1.82, 2.24) is 15.2 Å².